The number of ketones is 1. The SMILES string of the molecule is COC(=O)N=CCCCC(C)c1cc(O)c(C(=O)C(C)=Cc2ccc(CCC3CC3)s2)c(=O)o1. The van der Waals surface area contributed by atoms with E-state index in [0.717, 1.165) is 17.2 Å². The van der Waals surface area contributed by atoms with Crippen LogP contribution in [0.5, 0.6) is 5.75 Å². The summed E-state index contributed by atoms with van der Waals surface area (Å²) in [5, 5.41) is 10.5. The second-order valence-corrected chi connectivity index (χ2v) is 9.95. The molecule has 2 aromatic rings. The van der Waals surface area contributed by atoms with Gasteiger partial charge in [-0.2, -0.15) is 4.99 Å². The van der Waals surface area contributed by atoms with Gasteiger partial charge in [0.05, 0.1) is 7.11 Å². The van der Waals surface area contributed by atoms with Gasteiger partial charge in [-0.25, -0.2) is 9.59 Å². The first kappa shape index (κ1) is 25.6. The fraction of sp³-hybridized carbons (Fsp3) is 0.462. The largest absolute Gasteiger partial charge is 0.507 e. The highest BCUT2D eigenvalue weighted by Gasteiger charge is 2.23. The number of aryl methyl sites for hydroxylation is 1. The minimum Gasteiger partial charge on any atom is -0.507 e. The number of carbonyl (C=O) groups is 2. The molecule has 34 heavy (non-hydrogen) atoms. The van der Waals surface area contributed by atoms with E-state index in [9.17, 15) is 19.5 Å². The highest BCUT2D eigenvalue weighted by Crippen LogP contribution is 2.34. The summed E-state index contributed by atoms with van der Waals surface area (Å²) in [6, 6.07) is 5.41. The van der Waals surface area contributed by atoms with Crippen LogP contribution < -0.4 is 5.63 Å². The van der Waals surface area contributed by atoms with E-state index in [1.807, 2.05) is 13.0 Å². The van der Waals surface area contributed by atoms with Crippen molar-refractivity contribution in [3.8, 4) is 5.75 Å². The molecule has 0 aliphatic heterocycles. The number of hydrogen-bond acceptors (Lipinski definition) is 7. The molecule has 2 heterocycles. The zero-order chi connectivity index (χ0) is 24.7. The summed E-state index contributed by atoms with van der Waals surface area (Å²) in [5.74, 6) is 0.102. The maximum atomic E-state index is 12.9. The summed E-state index contributed by atoms with van der Waals surface area (Å²) in [6.45, 7) is 3.50. The Balaban J connectivity index is 1.63. The van der Waals surface area contributed by atoms with E-state index in [4.69, 9.17) is 4.42 Å². The Hall–Kier alpha value is -3.00. The minimum atomic E-state index is -0.844. The lowest BCUT2D eigenvalue weighted by molar-refractivity contribution is 0.102. The molecule has 0 radical (unpaired) electrons. The van der Waals surface area contributed by atoms with Gasteiger partial charge in [-0.15, -0.1) is 11.3 Å². The van der Waals surface area contributed by atoms with Crippen molar-refractivity contribution in [1.29, 1.82) is 0 Å². The zero-order valence-electron chi connectivity index (χ0n) is 19.8. The Morgan fingerprint density at radius 1 is 1.35 bits per heavy atom. The van der Waals surface area contributed by atoms with E-state index in [1.54, 1.807) is 24.3 Å². The smallest absolute Gasteiger partial charge is 0.432 e. The number of nitrogens with zero attached hydrogens (tertiary/aromatic N) is 1. The molecule has 1 aliphatic rings. The summed E-state index contributed by atoms with van der Waals surface area (Å²) in [5.41, 5.74) is -0.826. The van der Waals surface area contributed by atoms with Crippen LogP contribution in [0.15, 0.2) is 38.0 Å². The number of unbranched alkanes of at least 4 members (excludes halogenated alkanes) is 1. The van der Waals surface area contributed by atoms with Gasteiger partial charge in [-0.1, -0.05) is 19.8 Å². The number of carbonyl (C=O) groups excluding carboxylic acids is 2. The number of aromatic hydroxyl groups is 1. The molecule has 1 amide bonds. The predicted octanol–water partition coefficient (Wildman–Crippen LogP) is 6.15. The van der Waals surface area contributed by atoms with Gasteiger partial charge < -0.3 is 14.3 Å². The predicted molar refractivity (Wildman–Crippen MR) is 133 cm³/mol. The molecule has 2 aromatic heterocycles. The van der Waals surface area contributed by atoms with Crippen molar-refractivity contribution in [3.05, 3.63) is 55.3 Å². The molecule has 182 valence electrons. The molecule has 7 nitrogen and oxygen atoms in total. The number of rotatable bonds is 11. The number of aliphatic imine (C=N–C) groups is 1. The molecular weight excluding hydrogens is 454 g/mol. The molecule has 1 N–H and O–H groups in total. The molecule has 0 bridgehead atoms. The summed E-state index contributed by atoms with van der Waals surface area (Å²) >= 11 is 1.64. The van der Waals surface area contributed by atoms with Crippen molar-refractivity contribution in [2.24, 2.45) is 10.9 Å². The highest BCUT2D eigenvalue weighted by atomic mass is 32.1. The lowest BCUT2D eigenvalue weighted by Gasteiger charge is -2.11. The molecule has 1 saturated carbocycles. The maximum absolute atomic E-state index is 12.9. The van der Waals surface area contributed by atoms with E-state index in [2.05, 4.69) is 15.8 Å². The topological polar surface area (TPSA) is 106 Å². The molecule has 1 unspecified atom stereocenters. The standard InChI is InChI=1S/C26H31NO6S/c1-16(6-4-5-13-27-26(31)32-3)22-15-21(28)23(25(30)33-22)24(29)17(2)14-20-12-11-19(34-20)10-9-18-7-8-18/h11-16,18,28H,4-10H2,1-3H3. The monoisotopic (exact) mass is 485 g/mol. The van der Waals surface area contributed by atoms with Crippen LogP contribution in [0.25, 0.3) is 6.08 Å². The summed E-state index contributed by atoms with van der Waals surface area (Å²) < 4.78 is 9.81. The number of Topliss-reactive ketones (excluding diaryl/α,β-unsaturated/α-hetero) is 1. The number of amides is 1. The van der Waals surface area contributed by atoms with Crippen molar-refractivity contribution in [2.45, 2.75) is 64.7 Å². The quantitative estimate of drug-likeness (QED) is 0.177. The number of hydrogen-bond donors (Lipinski definition) is 1. The molecule has 8 heteroatoms. The average molecular weight is 486 g/mol. The van der Waals surface area contributed by atoms with Crippen molar-refractivity contribution in [2.75, 3.05) is 7.11 Å². The van der Waals surface area contributed by atoms with E-state index in [-0.39, 0.29) is 17.2 Å². The van der Waals surface area contributed by atoms with Crippen LogP contribution in [-0.2, 0) is 11.2 Å². The second kappa shape index (κ2) is 11.9. The Kier molecular flexibility index (Phi) is 8.98. The van der Waals surface area contributed by atoms with Gasteiger partial charge in [0.1, 0.15) is 17.1 Å². The molecule has 1 atom stereocenters. The summed E-state index contributed by atoms with van der Waals surface area (Å²) in [6.07, 6.45) is 9.40. The van der Waals surface area contributed by atoms with Crippen molar-refractivity contribution in [3.63, 3.8) is 0 Å². The Bertz CT molecular complexity index is 1140. The molecule has 1 aliphatic carbocycles. The Morgan fingerprint density at radius 2 is 2.12 bits per heavy atom. The van der Waals surface area contributed by atoms with Crippen LogP contribution in [0.2, 0.25) is 0 Å². The number of ether oxygens (including phenoxy) is 1. The third-order valence-corrected chi connectivity index (χ3v) is 6.99. The van der Waals surface area contributed by atoms with Crippen LogP contribution in [-0.4, -0.2) is 30.3 Å². The highest BCUT2D eigenvalue weighted by molar-refractivity contribution is 7.12. The lowest BCUT2D eigenvalue weighted by Crippen LogP contribution is -2.16. The summed E-state index contributed by atoms with van der Waals surface area (Å²) in [7, 11) is 1.26. The number of methoxy groups -OCH3 is 1. The van der Waals surface area contributed by atoms with Crippen molar-refractivity contribution < 1.29 is 23.8 Å². The van der Waals surface area contributed by atoms with E-state index in [0.29, 0.717) is 30.6 Å². The van der Waals surface area contributed by atoms with Gasteiger partial charge in [0.2, 0.25) is 0 Å². The van der Waals surface area contributed by atoms with Gasteiger partial charge >= 0.3 is 11.7 Å². The molecular formula is C26H31NO6S. The number of allylic oxidation sites excluding steroid dienone is 1. The van der Waals surface area contributed by atoms with E-state index >= 15 is 0 Å². The van der Waals surface area contributed by atoms with Crippen LogP contribution in [0, 0.1) is 5.92 Å². The minimum absolute atomic E-state index is 0.161. The second-order valence-electron chi connectivity index (χ2n) is 8.75. The first-order chi connectivity index (χ1) is 16.3. The number of thiophene rings is 1. The fourth-order valence-corrected chi connectivity index (χ4v) is 4.67. The maximum Gasteiger partial charge on any atom is 0.432 e. The Labute approximate surface area is 203 Å². The summed E-state index contributed by atoms with van der Waals surface area (Å²) in [4.78, 5) is 42.2. The molecule has 1 fully saturated rings. The third kappa shape index (κ3) is 7.25. The molecule has 3 rings (SSSR count). The van der Waals surface area contributed by atoms with Crippen LogP contribution in [0.3, 0.4) is 0 Å². The lowest BCUT2D eigenvalue weighted by atomic mass is 9.99. The van der Waals surface area contributed by atoms with Crippen LogP contribution in [0.1, 0.15) is 84.2 Å². The van der Waals surface area contributed by atoms with Crippen LogP contribution >= 0.6 is 11.3 Å². The molecule has 0 spiro atoms. The van der Waals surface area contributed by atoms with Crippen molar-refractivity contribution in [1.82, 2.24) is 0 Å². The van der Waals surface area contributed by atoms with Gasteiger partial charge in [-0.05, 0) is 68.7 Å². The van der Waals surface area contributed by atoms with E-state index in [1.165, 1.54) is 43.5 Å². The molecule has 0 aromatic carbocycles. The third-order valence-electron chi connectivity index (χ3n) is 5.90. The van der Waals surface area contributed by atoms with Gasteiger partial charge in [0.25, 0.3) is 0 Å². The van der Waals surface area contributed by atoms with Crippen molar-refractivity contribution >= 4 is 35.5 Å². The first-order valence-electron chi connectivity index (χ1n) is 11.6. The van der Waals surface area contributed by atoms with Crippen LogP contribution in [0.4, 0.5) is 4.79 Å². The average Bonchev–Trinajstić information content (AvgIpc) is 3.54. The Morgan fingerprint density at radius 3 is 2.79 bits per heavy atom. The fourth-order valence-electron chi connectivity index (χ4n) is 3.64. The molecule has 0 saturated heterocycles. The van der Waals surface area contributed by atoms with Gasteiger partial charge in [0, 0.05) is 28.0 Å². The van der Waals surface area contributed by atoms with E-state index < -0.39 is 17.5 Å². The normalized spacial score (nSPS) is 15.0. The first-order valence-corrected chi connectivity index (χ1v) is 12.4. The zero-order valence-corrected chi connectivity index (χ0v) is 20.7. The van der Waals surface area contributed by atoms with Gasteiger partial charge in [0.15, 0.2) is 5.78 Å². The van der Waals surface area contributed by atoms with Gasteiger partial charge in [-0.3, -0.25) is 4.79 Å².